The molecule has 16 heavy (non-hydrogen) atoms. The van der Waals surface area contributed by atoms with Crippen LogP contribution in [0.4, 0.5) is 0 Å². The molecule has 0 heterocycles. The SMILES string of the molecule is CC(C)NC(C#N)COCc1ccccc1. The van der Waals surface area contributed by atoms with Gasteiger partial charge in [-0.1, -0.05) is 30.3 Å². The van der Waals surface area contributed by atoms with Crippen LogP contribution in [0.15, 0.2) is 30.3 Å². The highest BCUT2D eigenvalue weighted by atomic mass is 16.5. The van der Waals surface area contributed by atoms with E-state index in [1.54, 1.807) is 0 Å². The molecule has 1 unspecified atom stereocenters. The van der Waals surface area contributed by atoms with E-state index in [0.717, 1.165) is 5.56 Å². The lowest BCUT2D eigenvalue weighted by molar-refractivity contribution is 0.108. The van der Waals surface area contributed by atoms with Crippen LogP contribution in [-0.2, 0) is 11.3 Å². The predicted octanol–water partition coefficient (Wildman–Crippen LogP) is 2.09. The van der Waals surface area contributed by atoms with Crippen molar-refractivity contribution in [2.45, 2.75) is 32.5 Å². The summed E-state index contributed by atoms with van der Waals surface area (Å²) in [6.07, 6.45) is 0. The van der Waals surface area contributed by atoms with Crippen molar-refractivity contribution in [1.29, 1.82) is 5.26 Å². The fourth-order valence-electron chi connectivity index (χ4n) is 1.39. The molecule has 0 aliphatic heterocycles. The third-order valence-corrected chi connectivity index (χ3v) is 2.09. The quantitative estimate of drug-likeness (QED) is 0.795. The van der Waals surface area contributed by atoms with E-state index in [2.05, 4.69) is 11.4 Å². The Morgan fingerprint density at radius 3 is 2.56 bits per heavy atom. The van der Waals surface area contributed by atoms with Gasteiger partial charge in [0.1, 0.15) is 6.04 Å². The van der Waals surface area contributed by atoms with Gasteiger partial charge in [-0.2, -0.15) is 5.26 Å². The van der Waals surface area contributed by atoms with Gasteiger partial charge in [0.2, 0.25) is 0 Å². The number of hydrogen-bond donors (Lipinski definition) is 1. The maximum absolute atomic E-state index is 8.88. The normalized spacial score (nSPS) is 12.4. The van der Waals surface area contributed by atoms with Gasteiger partial charge in [-0.05, 0) is 19.4 Å². The number of benzene rings is 1. The zero-order valence-electron chi connectivity index (χ0n) is 9.81. The molecule has 1 rings (SSSR count). The fraction of sp³-hybridized carbons (Fsp3) is 0.462. The van der Waals surface area contributed by atoms with Crippen LogP contribution >= 0.6 is 0 Å². The van der Waals surface area contributed by atoms with Gasteiger partial charge in [-0.15, -0.1) is 0 Å². The monoisotopic (exact) mass is 218 g/mol. The molecule has 0 saturated carbocycles. The number of hydrogen-bond acceptors (Lipinski definition) is 3. The Morgan fingerprint density at radius 2 is 2.00 bits per heavy atom. The summed E-state index contributed by atoms with van der Waals surface area (Å²) in [7, 11) is 0. The maximum atomic E-state index is 8.88. The van der Waals surface area contributed by atoms with E-state index in [-0.39, 0.29) is 6.04 Å². The number of ether oxygens (including phenoxy) is 1. The molecule has 0 fully saturated rings. The summed E-state index contributed by atoms with van der Waals surface area (Å²) in [6.45, 7) is 5.01. The summed E-state index contributed by atoms with van der Waals surface area (Å²) < 4.78 is 5.49. The lowest BCUT2D eigenvalue weighted by Crippen LogP contribution is -2.37. The zero-order chi connectivity index (χ0) is 11.8. The fourth-order valence-corrected chi connectivity index (χ4v) is 1.39. The average Bonchev–Trinajstić information content (AvgIpc) is 2.28. The van der Waals surface area contributed by atoms with E-state index < -0.39 is 0 Å². The zero-order valence-corrected chi connectivity index (χ0v) is 9.81. The summed E-state index contributed by atoms with van der Waals surface area (Å²) >= 11 is 0. The van der Waals surface area contributed by atoms with Crippen molar-refractivity contribution < 1.29 is 4.74 Å². The lowest BCUT2D eigenvalue weighted by atomic mass is 10.2. The van der Waals surface area contributed by atoms with Crippen molar-refractivity contribution in [2.75, 3.05) is 6.61 Å². The highest BCUT2D eigenvalue weighted by molar-refractivity contribution is 5.13. The summed E-state index contributed by atoms with van der Waals surface area (Å²) in [6, 6.07) is 12.2. The molecule has 0 aliphatic rings. The number of rotatable bonds is 6. The second kappa shape index (κ2) is 7.00. The second-order valence-electron chi connectivity index (χ2n) is 4.00. The van der Waals surface area contributed by atoms with Crippen LogP contribution in [0.5, 0.6) is 0 Å². The standard InChI is InChI=1S/C13H18N2O/c1-11(2)15-13(8-14)10-16-9-12-6-4-3-5-7-12/h3-7,11,13,15H,9-10H2,1-2H3. The summed E-state index contributed by atoms with van der Waals surface area (Å²) in [5.74, 6) is 0. The van der Waals surface area contributed by atoms with Crippen molar-refractivity contribution >= 4 is 0 Å². The van der Waals surface area contributed by atoms with Crippen molar-refractivity contribution in [3.8, 4) is 6.07 Å². The van der Waals surface area contributed by atoms with Gasteiger partial charge in [0.15, 0.2) is 0 Å². The van der Waals surface area contributed by atoms with Gasteiger partial charge in [0, 0.05) is 6.04 Å². The Balaban J connectivity index is 2.27. The Bertz CT molecular complexity index is 330. The molecule has 0 bridgehead atoms. The van der Waals surface area contributed by atoms with E-state index in [1.165, 1.54) is 0 Å². The molecule has 86 valence electrons. The topological polar surface area (TPSA) is 45.0 Å². The van der Waals surface area contributed by atoms with Crippen LogP contribution in [-0.4, -0.2) is 18.7 Å². The first kappa shape index (κ1) is 12.7. The molecule has 3 heteroatoms. The van der Waals surface area contributed by atoms with Crippen LogP contribution in [0.25, 0.3) is 0 Å². The minimum atomic E-state index is -0.233. The van der Waals surface area contributed by atoms with Gasteiger partial charge in [-0.3, -0.25) is 5.32 Å². The highest BCUT2D eigenvalue weighted by Gasteiger charge is 2.08. The summed E-state index contributed by atoms with van der Waals surface area (Å²) in [4.78, 5) is 0. The number of nitriles is 1. The Kier molecular flexibility index (Phi) is 5.55. The van der Waals surface area contributed by atoms with E-state index in [4.69, 9.17) is 10.00 Å². The Morgan fingerprint density at radius 1 is 1.31 bits per heavy atom. The van der Waals surface area contributed by atoms with Crippen molar-refractivity contribution in [3.05, 3.63) is 35.9 Å². The van der Waals surface area contributed by atoms with Crippen LogP contribution < -0.4 is 5.32 Å². The van der Waals surface area contributed by atoms with E-state index in [9.17, 15) is 0 Å². The Labute approximate surface area is 97.0 Å². The minimum Gasteiger partial charge on any atom is -0.374 e. The first-order valence-electron chi connectivity index (χ1n) is 5.49. The smallest absolute Gasteiger partial charge is 0.119 e. The highest BCUT2D eigenvalue weighted by Crippen LogP contribution is 2.01. The summed E-state index contributed by atoms with van der Waals surface area (Å²) in [5, 5.41) is 12.0. The first-order valence-corrected chi connectivity index (χ1v) is 5.49. The minimum absolute atomic E-state index is 0.233. The molecule has 0 aromatic heterocycles. The van der Waals surface area contributed by atoms with E-state index in [1.807, 2.05) is 44.2 Å². The molecule has 0 spiro atoms. The summed E-state index contributed by atoms with van der Waals surface area (Å²) in [5.41, 5.74) is 1.13. The molecule has 3 nitrogen and oxygen atoms in total. The van der Waals surface area contributed by atoms with Crippen LogP contribution in [0.2, 0.25) is 0 Å². The van der Waals surface area contributed by atoms with Crippen LogP contribution in [0, 0.1) is 11.3 Å². The molecule has 1 atom stereocenters. The molecule has 1 aromatic carbocycles. The van der Waals surface area contributed by atoms with Gasteiger partial charge in [0.05, 0.1) is 19.3 Å². The van der Waals surface area contributed by atoms with Gasteiger partial charge in [-0.25, -0.2) is 0 Å². The third kappa shape index (κ3) is 4.92. The molecule has 0 amide bonds. The number of nitrogens with one attached hydrogen (secondary N) is 1. The first-order chi connectivity index (χ1) is 7.72. The predicted molar refractivity (Wildman–Crippen MR) is 63.8 cm³/mol. The molecule has 0 aliphatic carbocycles. The number of nitrogens with zero attached hydrogens (tertiary/aromatic N) is 1. The lowest BCUT2D eigenvalue weighted by Gasteiger charge is -2.14. The molecular formula is C13H18N2O. The Hall–Kier alpha value is -1.37. The molecule has 1 N–H and O–H groups in total. The molecular weight excluding hydrogens is 200 g/mol. The molecule has 0 saturated heterocycles. The van der Waals surface area contributed by atoms with Crippen LogP contribution in [0.1, 0.15) is 19.4 Å². The largest absolute Gasteiger partial charge is 0.374 e. The van der Waals surface area contributed by atoms with Crippen molar-refractivity contribution in [1.82, 2.24) is 5.32 Å². The van der Waals surface area contributed by atoms with E-state index in [0.29, 0.717) is 19.3 Å². The van der Waals surface area contributed by atoms with Crippen molar-refractivity contribution in [3.63, 3.8) is 0 Å². The average molecular weight is 218 g/mol. The van der Waals surface area contributed by atoms with Gasteiger partial charge < -0.3 is 4.74 Å². The van der Waals surface area contributed by atoms with Crippen LogP contribution in [0.3, 0.4) is 0 Å². The maximum Gasteiger partial charge on any atom is 0.119 e. The van der Waals surface area contributed by atoms with Crippen molar-refractivity contribution in [2.24, 2.45) is 0 Å². The molecule has 1 aromatic rings. The van der Waals surface area contributed by atoms with Gasteiger partial charge in [0.25, 0.3) is 0 Å². The third-order valence-electron chi connectivity index (χ3n) is 2.09. The van der Waals surface area contributed by atoms with E-state index >= 15 is 0 Å². The molecule has 0 radical (unpaired) electrons. The second-order valence-corrected chi connectivity index (χ2v) is 4.00. The van der Waals surface area contributed by atoms with Gasteiger partial charge >= 0.3 is 0 Å².